The van der Waals surface area contributed by atoms with Gasteiger partial charge in [0.2, 0.25) is 5.90 Å². The van der Waals surface area contributed by atoms with Gasteiger partial charge in [0, 0.05) is 31.6 Å². The van der Waals surface area contributed by atoms with Crippen LogP contribution in [0.25, 0.3) is 0 Å². The number of amides is 1. The van der Waals surface area contributed by atoms with Crippen LogP contribution in [0.5, 0.6) is 5.75 Å². The lowest BCUT2D eigenvalue weighted by Gasteiger charge is -2.31. The molecule has 1 heterocycles. The number of ether oxygens (including phenoxy) is 2. The zero-order valence-corrected chi connectivity index (χ0v) is 20.7. The first-order valence-electron chi connectivity index (χ1n) is 12.6. The molecule has 3 aromatic rings. The number of carbonyl (C=O) groups is 1. The van der Waals surface area contributed by atoms with Crippen molar-refractivity contribution in [3.05, 3.63) is 102 Å². The number of aliphatic imine (C=N–C) groups is 1. The van der Waals surface area contributed by atoms with Crippen LogP contribution in [0.3, 0.4) is 0 Å². The SMILES string of the molecule is CCCCNC(=O)[C@]1(Cc2ccccc2)N=C(c2ccc(OCCCO)cc2)O[C@@H]1c1ccccc1. The van der Waals surface area contributed by atoms with Crippen molar-refractivity contribution < 1.29 is 19.4 Å². The predicted octanol–water partition coefficient (Wildman–Crippen LogP) is 4.86. The van der Waals surface area contributed by atoms with Crippen LogP contribution < -0.4 is 10.1 Å². The molecule has 0 unspecified atom stereocenters. The number of rotatable bonds is 12. The van der Waals surface area contributed by atoms with Gasteiger partial charge in [-0.3, -0.25) is 4.79 Å². The molecule has 0 bridgehead atoms. The molecule has 0 saturated heterocycles. The lowest BCUT2D eigenvalue weighted by Crippen LogP contribution is -2.50. The fourth-order valence-corrected chi connectivity index (χ4v) is 4.35. The number of hydrogen-bond donors (Lipinski definition) is 2. The summed E-state index contributed by atoms with van der Waals surface area (Å²) in [6.45, 7) is 3.23. The fourth-order valence-electron chi connectivity index (χ4n) is 4.35. The zero-order chi connectivity index (χ0) is 25.2. The Morgan fingerprint density at radius 1 is 1.00 bits per heavy atom. The number of unbranched alkanes of at least 4 members (excludes halogenated alkanes) is 1. The average molecular weight is 487 g/mol. The van der Waals surface area contributed by atoms with Crippen LogP contribution in [-0.4, -0.2) is 42.2 Å². The van der Waals surface area contributed by atoms with Crippen LogP contribution in [0.2, 0.25) is 0 Å². The van der Waals surface area contributed by atoms with E-state index in [1.807, 2.05) is 84.9 Å². The smallest absolute Gasteiger partial charge is 0.252 e. The van der Waals surface area contributed by atoms with Crippen LogP contribution in [0.1, 0.15) is 49.0 Å². The molecule has 1 amide bonds. The number of aliphatic hydroxyl groups is 1. The highest BCUT2D eigenvalue weighted by atomic mass is 16.5. The minimum atomic E-state index is -1.15. The van der Waals surface area contributed by atoms with Gasteiger partial charge >= 0.3 is 0 Å². The Kier molecular flexibility index (Phi) is 8.74. The van der Waals surface area contributed by atoms with Crippen molar-refractivity contribution in [3.63, 3.8) is 0 Å². The van der Waals surface area contributed by atoms with E-state index in [4.69, 9.17) is 19.6 Å². The molecule has 0 fully saturated rings. The van der Waals surface area contributed by atoms with Gasteiger partial charge in [-0.25, -0.2) is 4.99 Å². The van der Waals surface area contributed by atoms with Gasteiger partial charge in [-0.15, -0.1) is 0 Å². The third-order valence-electron chi connectivity index (χ3n) is 6.26. The minimum absolute atomic E-state index is 0.0907. The third-order valence-corrected chi connectivity index (χ3v) is 6.26. The highest BCUT2D eigenvalue weighted by Crippen LogP contribution is 2.42. The maximum atomic E-state index is 13.9. The van der Waals surface area contributed by atoms with Crippen LogP contribution in [0, 0.1) is 0 Å². The fraction of sp³-hybridized carbons (Fsp3) is 0.333. The number of nitrogens with one attached hydrogen (secondary N) is 1. The maximum Gasteiger partial charge on any atom is 0.252 e. The van der Waals surface area contributed by atoms with Crippen LogP contribution in [-0.2, 0) is 16.0 Å². The van der Waals surface area contributed by atoms with Gasteiger partial charge in [-0.05, 0) is 41.8 Å². The second kappa shape index (κ2) is 12.4. The number of benzene rings is 3. The Hall–Kier alpha value is -3.64. The van der Waals surface area contributed by atoms with Crippen molar-refractivity contribution in [2.75, 3.05) is 19.8 Å². The summed E-state index contributed by atoms with van der Waals surface area (Å²) in [7, 11) is 0. The summed E-state index contributed by atoms with van der Waals surface area (Å²) in [5.41, 5.74) is 1.55. The summed E-state index contributed by atoms with van der Waals surface area (Å²) in [5, 5.41) is 12.1. The van der Waals surface area contributed by atoms with E-state index in [0.29, 0.717) is 37.6 Å². The highest BCUT2D eigenvalue weighted by Gasteiger charge is 2.53. The first-order valence-corrected chi connectivity index (χ1v) is 12.6. The molecule has 1 aliphatic rings. The monoisotopic (exact) mass is 486 g/mol. The highest BCUT2D eigenvalue weighted by molar-refractivity contribution is 6.01. The molecule has 36 heavy (non-hydrogen) atoms. The first-order chi connectivity index (χ1) is 17.7. The van der Waals surface area contributed by atoms with Gasteiger partial charge in [0.1, 0.15) is 5.75 Å². The molecule has 3 aromatic carbocycles. The van der Waals surface area contributed by atoms with Crippen molar-refractivity contribution in [1.29, 1.82) is 0 Å². The Morgan fingerprint density at radius 3 is 2.36 bits per heavy atom. The van der Waals surface area contributed by atoms with Crippen molar-refractivity contribution in [3.8, 4) is 5.75 Å². The van der Waals surface area contributed by atoms with Crippen LogP contribution in [0.4, 0.5) is 0 Å². The second-order valence-electron chi connectivity index (χ2n) is 8.97. The Labute approximate surface area is 213 Å². The molecule has 188 valence electrons. The molecular weight excluding hydrogens is 452 g/mol. The standard InChI is InChI=1S/C30H34N2O4/c1-2-3-19-31-29(34)30(22-23-11-6-4-7-12-23)27(24-13-8-5-9-14-24)36-28(32-30)25-15-17-26(18-16-25)35-21-10-20-33/h4-9,11-18,27,33H,2-3,10,19-22H2,1H3,(H,31,34)/t27-,30-/m1/s1. The summed E-state index contributed by atoms with van der Waals surface area (Å²) in [5.74, 6) is 1.01. The average Bonchev–Trinajstić information content (AvgIpc) is 3.31. The minimum Gasteiger partial charge on any atom is -0.494 e. The molecule has 4 rings (SSSR count). The number of hydrogen-bond acceptors (Lipinski definition) is 5. The lowest BCUT2D eigenvalue weighted by atomic mass is 9.82. The summed E-state index contributed by atoms with van der Waals surface area (Å²) < 4.78 is 12.2. The van der Waals surface area contributed by atoms with Gasteiger partial charge in [0.15, 0.2) is 11.6 Å². The molecule has 0 radical (unpaired) electrons. The van der Waals surface area contributed by atoms with E-state index in [9.17, 15) is 4.79 Å². The molecule has 6 nitrogen and oxygen atoms in total. The third kappa shape index (κ3) is 5.94. The summed E-state index contributed by atoms with van der Waals surface area (Å²) in [6.07, 6.45) is 2.31. The van der Waals surface area contributed by atoms with Gasteiger partial charge in [0.05, 0.1) is 6.61 Å². The summed E-state index contributed by atoms with van der Waals surface area (Å²) >= 11 is 0. The van der Waals surface area contributed by atoms with Crippen molar-refractivity contribution in [2.45, 2.75) is 44.2 Å². The van der Waals surface area contributed by atoms with E-state index in [1.165, 1.54) is 0 Å². The summed E-state index contributed by atoms with van der Waals surface area (Å²) in [6, 6.07) is 27.3. The Bertz CT molecular complexity index is 1130. The van der Waals surface area contributed by atoms with Crippen LogP contribution >= 0.6 is 0 Å². The second-order valence-corrected chi connectivity index (χ2v) is 8.97. The van der Waals surface area contributed by atoms with Gasteiger partial charge in [-0.2, -0.15) is 0 Å². The molecule has 6 heteroatoms. The van der Waals surface area contributed by atoms with E-state index in [1.54, 1.807) is 0 Å². The van der Waals surface area contributed by atoms with Gasteiger partial charge in [0.25, 0.3) is 5.91 Å². The molecule has 2 atom stereocenters. The molecular formula is C30H34N2O4. The summed E-state index contributed by atoms with van der Waals surface area (Å²) in [4.78, 5) is 18.9. The van der Waals surface area contributed by atoms with E-state index >= 15 is 0 Å². The topological polar surface area (TPSA) is 80.2 Å². The Balaban J connectivity index is 1.72. The molecule has 0 spiro atoms. The van der Waals surface area contributed by atoms with E-state index in [-0.39, 0.29) is 12.5 Å². The lowest BCUT2D eigenvalue weighted by molar-refractivity contribution is -0.128. The van der Waals surface area contributed by atoms with Crippen molar-refractivity contribution >= 4 is 11.8 Å². The largest absolute Gasteiger partial charge is 0.494 e. The number of carbonyl (C=O) groups excluding carboxylic acids is 1. The maximum absolute atomic E-state index is 13.9. The number of aliphatic hydroxyl groups excluding tert-OH is 1. The van der Waals surface area contributed by atoms with E-state index in [2.05, 4.69) is 12.2 Å². The Morgan fingerprint density at radius 2 is 1.69 bits per heavy atom. The van der Waals surface area contributed by atoms with E-state index < -0.39 is 11.6 Å². The number of nitrogens with zero attached hydrogens (tertiary/aromatic N) is 1. The first kappa shape index (κ1) is 25.5. The van der Waals surface area contributed by atoms with Gasteiger partial charge in [-0.1, -0.05) is 74.0 Å². The quantitative estimate of drug-likeness (QED) is 0.358. The van der Waals surface area contributed by atoms with Gasteiger partial charge < -0.3 is 19.9 Å². The molecule has 0 saturated carbocycles. The molecule has 1 aliphatic heterocycles. The molecule has 2 N–H and O–H groups in total. The van der Waals surface area contributed by atoms with E-state index in [0.717, 1.165) is 29.5 Å². The normalized spacial score (nSPS) is 18.8. The van der Waals surface area contributed by atoms with Crippen LogP contribution in [0.15, 0.2) is 89.9 Å². The predicted molar refractivity (Wildman–Crippen MR) is 141 cm³/mol. The van der Waals surface area contributed by atoms with Crippen molar-refractivity contribution in [1.82, 2.24) is 5.32 Å². The molecule has 0 aromatic heterocycles. The molecule has 0 aliphatic carbocycles. The van der Waals surface area contributed by atoms with Crippen molar-refractivity contribution in [2.24, 2.45) is 4.99 Å². The zero-order valence-electron chi connectivity index (χ0n) is 20.7.